The molecule has 2 N–H and O–H groups in total. The molecule has 6 rings (SSSR count). The number of likely N-dealkylation sites (tertiary alicyclic amines) is 1. The van der Waals surface area contributed by atoms with Crippen molar-refractivity contribution < 1.29 is 26.4 Å². The SMILES string of the molecule is CS(=O)(=O)NCc1csc2c1S(=O)(=O)N=C(C1C(=O)C3C([C@@H]4CC[C@H]3C4)N(Cc3ccccc3)C1=O)N2. The average Bonchev–Trinajstić information content (AvgIpc) is 3.55. The molecule has 13 heteroatoms. The molecule has 196 valence electrons. The van der Waals surface area contributed by atoms with Gasteiger partial charge in [-0.3, -0.25) is 9.59 Å². The molecular weight excluding hydrogens is 536 g/mol. The topological polar surface area (TPSA) is 142 Å². The van der Waals surface area contributed by atoms with Gasteiger partial charge in [0.05, 0.1) is 6.26 Å². The third-order valence-corrected chi connectivity index (χ3v) is 11.1. The normalized spacial score (nSPS) is 30.0. The Kier molecular flexibility index (Phi) is 5.82. The van der Waals surface area contributed by atoms with E-state index in [1.54, 1.807) is 4.90 Å². The predicted molar refractivity (Wildman–Crippen MR) is 138 cm³/mol. The molecule has 2 aromatic rings. The van der Waals surface area contributed by atoms with Gasteiger partial charge in [0.15, 0.2) is 11.7 Å². The zero-order valence-electron chi connectivity index (χ0n) is 20.0. The summed E-state index contributed by atoms with van der Waals surface area (Å²) in [5.41, 5.74) is 1.20. The standard InChI is InChI=1S/C24H26N4O6S3/c1-36(31,32)25-10-16-12-35-23-21(16)37(33,34)27-22(26-23)18-20(29)17-14-7-8-15(9-14)19(17)28(24(18)30)11-13-5-3-2-4-6-13/h2-6,12,14-15,17-19,25H,7-11H2,1H3,(H,26,27)/t14-,15+,17?,18?,19?/m0/s1. The molecule has 2 bridgehead atoms. The van der Waals surface area contributed by atoms with Crippen LogP contribution in [0.3, 0.4) is 0 Å². The molecule has 10 nitrogen and oxygen atoms in total. The smallest absolute Gasteiger partial charge is 0.287 e. The summed E-state index contributed by atoms with van der Waals surface area (Å²) in [5, 5.41) is 4.71. The maximum absolute atomic E-state index is 13.9. The van der Waals surface area contributed by atoms with E-state index in [1.165, 1.54) is 5.38 Å². The third kappa shape index (κ3) is 4.21. The van der Waals surface area contributed by atoms with Gasteiger partial charge in [0.25, 0.3) is 10.0 Å². The highest BCUT2D eigenvalue weighted by atomic mass is 32.2. The van der Waals surface area contributed by atoms with Crippen LogP contribution in [0.25, 0.3) is 0 Å². The number of Topliss-reactive ketones (excluding diaryl/α,β-unsaturated/α-hetero) is 1. The van der Waals surface area contributed by atoms with Crippen LogP contribution in [0.15, 0.2) is 45.0 Å². The number of hydrogen-bond acceptors (Lipinski definition) is 8. The molecule has 3 heterocycles. The number of sulfonamides is 2. The molecule has 1 saturated heterocycles. The fourth-order valence-corrected chi connectivity index (χ4v) is 9.54. The van der Waals surface area contributed by atoms with Gasteiger partial charge in [-0.1, -0.05) is 30.3 Å². The maximum atomic E-state index is 13.9. The van der Waals surface area contributed by atoms with Crippen LogP contribution in [0, 0.1) is 23.7 Å². The molecule has 3 unspecified atom stereocenters. The molecule has 2 aliphatic carbocycles. The first-order chi connectivity index (χ1) is 17.5. The monoisotopic (exact) mass is 562 g/mol. The van der Waals surface area contributed by atoms with E-state index in [4.69, 9.17) is 0 Å². The quantitative estimate of drug-likeness (QED) is 0.513. The second-order valence-electron chi connectivity index (χ2n) is 10.2. The minimum atomic E-state index is -4.27. The van der Waals surface area contributed by atoms with Gasteiger partial charge in [-0.15, -0.1) is 15.7 Å². The number of ketones is 1. The summed E-state index contributed by atoms with van der Waals surface area (Å²) in [6.45, 7) is 0.134. The number of fused-ring (bicyclic) bond motifs is 6. The van der Waals surface area contributed by atoms with Gasteiger partial charge in [0, 0.05) is 30.6 Å². The lowest BCUT2D eigenvalue weighted by atomic mass is 9.73. The lowest BCUT2D eigenvalue weighted by Crippen LogP contribution is -2.61. The van der Waals surface area contributed by atoms with Crippen molar-refractivity contribution >= 4 is 53.9 Å². The maximum Gasteiger partial charge on any atom is 0.287 e. The first kappa shape index (κ1) is 24.7. The van der Waals surface area contributed by atoms with Crippen LogP contribution in [0.2, 0.25) is 0 Å². The minimum absolute atomic E-state index is 0.132. The van der Waals surface area contributed by atoms with Gasteiger partial charge in [-0.2, -0.15) is 8.42 Å². The second-order valence-corrected chi connectivity index (χ2v) is 14.5. The lowest BCUT2D eigenvalue weighted by Gasteiger charge is -2.45. The molecule has 3 fully saturated rings. The van der Waals surface area contributed by atoms with Crippen LogP contribution < -0.4 is 10.0 Å². The molecule has 1 aromatic carbocycles. The van der Waals surface area contributed by atoms with Gasteiger partial charge < -0.3 is 10.2 Å². The van der Waals surface area contributed by atoms with Crippen molar-refractivity contribution in [1.82, 2.24) is 9.62 Å². The van der Waals surface area contributed by atoms with E-state index in [2.05, 4.69) is 14.4 Å². The van der Waals surface area contributed by atoms with Gasteiger partial charge >= 0.3 is 0 Å². The van der Waals surface area contributed by atoms with Gasteiger partial charge in [0.1, 0.15) is 15.7 Å². The second kappa shape index (κ2) is 8.72. The number of carbonyl (C=O) groups excluding carboxylic acids is 2. The van der Waals surface area contributed by atoms with Crippen molar-refractivity contribution in [2.24, 2.45) is 28.1 Å². The summed E-state index contributed by atoms with van der Waals surface area (Å²) >= 11 is 1.07. The fourth-order valence-electron chi connectivity index (χ4n) is 6.47. The number of carbonyl (C=O) groups is 2. The zero-order valence-corrected chi connectivity index (χ0v) is 22.4. The highest BCUT2D eigenvalue weighted by molar-refractivity contribution is 7.91. The average molecular weight is 563 g/mol. The number of thiophene rings is 1. The van der Waals surface area contributed by atoms with Gasteiger partial charge in [-0.05, 0) is 42.0 Å². The third-order valence-electron chi connectivity index (χ3n) is 7.90. The highest BCUT2D eigenvalue weighted by Gasteiger charge is 2.60. The number of piperidine rings is 1. The van der Waals surface area contributed by atoms with Crippen LogP contribution in [-0.4, -0.2) is 51.6 Å². The molecule has 4 aliphatic rings. The van der Waals surface area contributed by atoms with E-state index >= 15 is 0 Å². The number of nitrogens with zero attached hydrogens (tertiary/aromatic N) is 2. The minimum Gasteiger partial charge on any atom is -0.333 e. The Labute approximate surface area is 219 Å². The van der Waals surface area contributed by atoms with E-state index in [0.29, 0.717) is 6.54 Å². The van der Waals surface area contributed by atoms with Crippen molar-refractivity contribution in [3.8, 4) is 0 Å². The number of nitrogens with one attached hydrogen (secondary N) is 2. The number of amides is 1. The van der Waals surface area contributed by atoms with Crippen molar-refractivity contribution in [2.45, 2.75) is 43.3 Å². The van der Waals surface area contributed by atoms with Crippen LogP contribution in [0.4, 0.5) is 5.00 Å². The Morgan fingerprint density at radius 1 is 1.16 bits per heavy atom. The molecule has 2 aliphatic heterocycles. The molecule has 1 amide bonds. The molecule has 2 saturated carbocycles. The first-order valence-corrected chi connectivity index (χ1v) is 16.3. The summed E-state index contributed by atoms with van der Waals surface area (Å²) in [6.07, 6.45) is 3.80. The Morgan fingerprint density at radius 2 is 1.89 bits per heavy atom. The Hall–Kier alpha value is -2.61. The molecular formula is C24H26N4O6S3. The lowest BCUT2D eigenvalue weighted by molar-refractivity contribution is -0.153. The van der Waals surface area contributed by atoms with E-state index in [9.17, 15) is 26.4 Å². The largest absolute Gasteiger partial charge is 0.333 e. The Bertz CT molecular complexity index is 1530. The van der Waals surface area contributed by atoms with E-state index in [0.717, 1.165) is 42.4 Å². The first-order valence-electron chi connectivity index (χ1n) is 12.1. The zero-order chi connectivity index (χ0) is 26.1. The van der Waals surface area contributed by atoms with Crippen molar-refractivity contribution in [3.05, 3.63) is 46.8 Å². The Balaban J connectivity index is 1.36. The molecule has 5 atom stereocenters. The van der Waals surface area contributed by atoms with Crippen LogP contribution in [0.1, 0.15) is 30.4 Å². The number of rotatable bonds is 6. The van der Waals surface area contributed by atoms with Crippen LogP contribution in [-0.2, 0) is 42.7 Å². The molecule has 37 heavy (non-hydrogen) atoms. The highest BCUT2D eigenvalue weighted by Crippen LogP contribution is 2.54. The molecule has 0 spiro atoms. The summed E-state index contributed by atoms with van der Waals surface area (Å²) in [6, 6.07) is 9.40. The number of amidine groups is 1. The van der Waals surface area contributed by atoms with E-state index in [1.807, 2.05) is 30.3 Å². The summed E-state index contributed by atoms with van der Waals surface area (Å²) in [5.74, 6) is -2.07. The van der Waals surface area contributed by atoms with Crippen molar-refractivity contribution in [2.75, 3.05) is 11.6 Å². The van der Waals surface area contributed by atoms with Crippen LogP contribution >= 0.6 is 11.3 Å². The van der Waals surface area contributed by atoms with Gasteiger partial charge in [0.2, 0.25) is 15.9 Å². The van der Waals surface area contributed by atoms with Crippen LogP contribution in [0.5, 0.6) is 0 Å². The molecule has 0 radical (unpaired) electrons. The summed E-state index contributed by atoms with van der Waals surface area (Å²) in [7, 11) is -7.82. The number of benzene rings is 1. The number of anilines is 1. The molecule has 1 aromatic heterocycles. The fraction of sp³-hybridized carbons (Fsp3) is 0.458. The van der Waals surface area contributed by atoms with Crippen molar-refractivity contribution in [1.29, 1.82) is 0 Å². The van der Waals surface area contributed by atoms with Gasteiger partial charge in [-0.25, -0.2) is 13.1 Å². The summed E-state index contributed by atoms with van der Waals surface area (Å²) < 4.78 is 55.7. The number of hydrogen-bond donors (Lipinski definition) is 2. The van der Waals surface area contributed by atoms with E-state index in [-0.39, 0.29) is 57.4 Å². The summed E-state index contributed by atoms with van der Waals surface area (Å²) in [4.78, 5) is 29.4. The predicted octanol–water partition coefficient (Wildman–Crippen LogP) is 1.95. The Morgan fingerprint density at radius 3 is 2.62 bits per heavy atom. The van der Waals surface area contributed by atoms with E-state index < -0.39 is 31.9 Å². The van der Waals surface area contributed by atoms with Crippen molar-refractivity contribution in [3.63, 3.8) is 0 Å².